The topological polar surface area (TPSA) is 50.7 Å². The first-order chi connectivity index (χ1) is 7.81. The van der Waals surface area contributed by atoms with Gasteiger partial charge in [0.15, 0.2) is 0 Å². The molecule has 2 N–H and O–H groups in total. The highest BCUT2D eigenvalue weighted by Gasteiger charge is 2.27. The SMILES string of the molecule is CCC(CC)N[C@@H]1COCC[C@@H]1OCCO. The number of rotatable bonds is 7. The Kier molecular flexibility index (Phi) is 6.96. The minimum Gasteiger partial charge on any atom is -0.394 e. The predicted molar refractivity (Wildman–Crippen MR) is 63.6 cm³/mol. The zero-order valence-corrected chi connectivity index (χ0v) is 10.4. The van der Waals surface area contributed by atoms with Crippen molar-refractivity contribution in [1.82, 2.24) is 5.32 Å². The zero-order valence-electron chi connectivity index (χ0n) is 10.4. The first-order valence-corrected chi connectivity index (χ1v) is 6.38. The second-order valence-corrected chi connectivity index (χ2v) is 4.28. The summed E-state index contributed by atoms with van der Waals surface area (Å²) < 4.78 is 11.1. The van der Waals surface area contributed by atoms with E-state index < -0.39 is 0 Å². The van der Waals surface area contributed by atoms with E-state index >= 15 is 0 Å². The second kappa shape index (κ2) is 8.01. The van der Waals surface area contributed by atoms with Crippen LogP contribution in [-0.4, -0.2) is 49.7 Å². The van der Waals surface area contributed by atoms with Gasteiger partial charge in [0.05, 0.1) is 32.0 Å². The van der Waals surface area contributed by atoms with Gasteiger partial charge in [-0.15, -0.1) is 0 Å². The highest BCUT2D eigenvalue weighted by atomic mass is 16.5. The van der Waals surface area contributed by atoms with Crippen molar-refractivity contribution >= 4 is 0 Å². The summed E-state index contributed by atoms with van der Waals surface area (Å²) >= 11 is 0. The van der Waals surface area contributed by atoms with Gasteiger partial charge in [-0.1, -0.05) is 13.8 Å². The molecular weight excluding hydrogens is 206 g/mol. The summed E-state index contributed by atoms with van der Waals surface area (Å²) in [6, 6.07) is 0.803. The van der Waals surface area contributed by atoms with Crippen molar-refractivity contribution in [1.29, 1.82) is 0 Å². The summed E-state index contributed by atoms with van der Waals surface area (Å²) in [5.74, 6) is 0. The molecule has 0 aromatic heterocycles. The number of hydrogen-bond acceptors (Lipinski definition) is 4. The molecule has 0 amide bonds. The second-order valence-electron chi connectivity index (χ2n) is 4.28. The fourth-order valence-electron chi connectivity index (χ4n) is 2.10. The van der Waals surface area contributed by atoms with Gasteiger partial charge in [0.1, 0.15) is 0 Å². The predicted octanol–water partition coefficient (Wildman–Crippen LogP) is 0.931. The van der Waals surface area contributed by atoms with Crippen LogP contribution in [0.25, 0.3) is 0 Å². The molecule has 0 radical (unpaired) electrons. The number of aliphatic hydroxyl groups excluding tert-OH is 1. The minimum atomic E-state index is 0.0923. The standard InChI is InChI=1S/C12H25NO3/c1-3-10(4-2)13-11-9-15-7-5-12(11)16-8-6-14/h10-14H,3-9H2,1-2H3/t11-,12+/m1/s1. The van der Waals surface area contributed by atoms with E-state index in [0.29, 0.717) is 19.3 Å². The first kappa shape index (κ1) is 13.9. The molecule has 0 aromatic carbocycles. The summed E-state index contributed by atoms with van der Waals surface area (Å²) in [6.45, 7) is 6.37. The molecule has 16 heavy (non-hydrogen) atoms. The highest BCUT2D eigenvalue weighted by Crippen LogP contribution is 2.13. The molecule has 96 valence electrons. The first-order valence-electron chi connectivity index (χ1n) is 6.38. The van der Waals surface area contributed by atoms with Gasteiger partial charge >= 0.3 is 0 Å². The lowest BCUT2D eigenvalue weighted by Gasteiger charge is -2.34. The van der Waals surface area contributed by atoms with Crippen molar-refractivity contribution in [3.8, 4) is 0 Å². The molecule has 0 saturated carbocycles. The number of aliphatic hydroxyl groups is 1. The molecule has 0 aliphatic carbocycles. The summed E-state index contributed by atoms with van der Waals surface area (Å²) in [6.07, 6.45) is 3.35. The van der Waals surface area contributed by atoms with Crippen LogP contribution in [-0.2, 0) is 9.47 Å². The van der Waals surface area contributed by atoms with E-state index in [0.717, 1.165) is 25.9 Å². The molecule has 1 aliphatic heterocycles. The Bertz CT molecular complexity index is 174. The molecule has 1 rings (SSSR count). The fourth-order valence-corrected chi connectivity index (χ4v) is 2.10. The van der Waals surface area contributed by atoms with Gasteiger partial charge in [0.25, 0.3) is 0 Å². The van der Waals surface area contributed by atoms with E-state index in [9.17, 15) is 0 Å². The summed E-state index contributed by atoms with van der Waals surface area (Å²) in [4.78, 5) is 0. The van der Waals surface area contributed by atoms with Gasteiger partial charge in [-0.3, -0.25) is 0 Å². The lowest BCUT2D eigenvalue weighted by Crippen LogP contribution is -2.52. The smallest absolute Gasteiger partial charge is 0.0773 e. The van der Waals surface area contributed by atoms with Gasteiger partial charge in [-0.05, 0) is 19.3 Å². The fraction of sp³-hybridized carbons (Fsp3) is 1.00. The van der Waals surface area contributed by atoms with Crippen molar-refractivity contribution in [2.24, 2.45) is 0 Å². The summed E-state index contributed by atoms with van der Waals surface area (Å²) in [5, 5.41) is 12.4. The Hall–Kier alpha value is -0.160. The van der Waals surface area contributed by atoms with Crippen molar-refractivity contribution in [3.63, 3.8) is 0 Å². The van der Waals surface area contributed by atoms with E-state index in [4.69, 9.17) is 14.6 Å². The zero-order chi connectivity index (χ0) is 11.8. The lowest BCUT2D eigenvalue weighted by atomic mass is 10.0. The van der Waals surface area contributed by atoms with E-state index in [1.807, 2.05) is 0 Å². The number of nitrogens with one attached hydrogen (secondary N) is 1. The molecule has 1 saturated heterocycles. The van der Waals surface area contributed by atoms with Crippen LogP contribution < -0.4 is 5.32 Å². The molecule has 1 heterocycles. The van der Waals surface area contributed by atoms with Crippen LogP contribution in [0.5, 0.6) is 0 Å². The molecule has 0 spiro atoms. The van der Waals surface area contributed by atoms with E-state index in [1.54, 1.807) is 0 Å². The molecule has 0 unspecified atom stereocenters. The Morgan fingerprint density at radius 2 is 2.19 bits per heavy atom. The largest absolute Gasteiger partial charge is 0.394 e. The van der Waals surface area contributed by atoms with Crippen LogP contribution in [0.3, 0.4) is 0 Å². The number of ether oxygens (including phenoxy) is 2. The molecule has 2 atom stereocenters. The Balaban J connectivity index is 2.39. The van der Waals surface area contributed by atoms with E-state index in [1.165, 1.54) is 0 Å². The number of hydrogen-bond donors (Lipinski definition) is 2. The van der Waals surface area contributed by atoms with Crippen LogP contribution in [0.15, 0.2) is 0 Å². The maximum absolute atomic E-state index is 8.78. The van der Waals surface area contributed by atoms with Crippen LogP contribution in [0.4, 0.5) is 0 Å². The van der Waals surface area contributed by atoms with Crippen molar-refractivity contribution in [2.45, 2.75) is 51.3 Å². The normalized spacial score (nSPS) is 26.2. The van der Waals surface area contributed by atoms with Crippen molar-refractivity contribution in [2.75, 3.05) is 26.4 Å². The minimum absolute atomic E-state index is 0.0923. The Labute approximate surface area is 98.3 Å². The lowest BCUT2D eigenvalue weighted by molar-refractivity contribution is -0.0659. The molecule has 4 heteroatoms. The molecule has 0 bridgehead atoms. The van der Waals surface area contributed by atoms with E-state index in [2.05, 4.69) is 19.2 Å². The molecular formula is C12H25NO3. The highest BCUT2D eigenvalue weighted by molar-refractivity contribution is 4.83. The van der Waals surface area contributed by atoms with Crippen molar-refractivity contribution in [3.05, 3.63) is 0 Å². The molecule has 1 aliphatic rings. The van der Waals surface area contributed by atoms with Gasteiger partial charge in [0, 0.05) is 12.6 Å². The average molecular weight is 231 g/mol. The van der Waals surface area contributed by atoms with Crippen LogP contribution in [0.2, 0.25) is 0 Å². The molecule has 0 aromatic rings. The molecule has 4 nitrogen and oxygen atoms in total. The molecule has 1 fully saturated rings. The van der Waals surface area contributed by atoms with Crippen LogP contribution in [0.1, 0.15) is 33.1 Å². The van der Waals surface area contributed by atoms with Gasteiger partial charge in [-0.25, -0.2) is 0 Å². The van der Waals surface area contributed by atoms with Crippen LogP contribution >= 0.6 is 0 Å². The third-order valence-corrected chi connectivity index (χ3v) is 3.15. The van der Waals surface area contributed by atoms with E-state index in [-0.39, 0.29) is 18.8 Å². The summed E-state index contributed by atoms with van der Waals surface area (Å²) in [5.41, 5.74) is 0. The monoisotopic (exact) mass is 231 g/mol. The Morgan fingerprint density at radius 3 is 2.81 bits per heavy atom. The van der Waals surface area contributed by atoms with Gasteiger partial charge in [0.2, 0.25) is 0 Å². The third kappa shape index (κ3) is 4.37. The quantitative estimate of drug-likeness (QED) is 0.684. The third-order valence-electron chi connectivity index (χ3n) is 3.15. The van der Waals surface area contributed by atoms with Crippen LogP contribution in [0, 0.1) is 0 Å². The summed E-state index contributed by atoms with van der Waals surface area (Å²) in [7, 11) is 0. The van der Waals surface area contributed by atoms with Gasteiger partial charge in [-0.2, -0.15) is 0 Å². The van der Waals surface area contributed by atoms with Crippen molar-refractivity contribution < 1.29 is 14.6 Å². The maximum Gasteiger partial charge on any atom is 0.0773 e. The average Bonchev–Trinajstić information content (AvgIpc) is 2.34. The van der Waals surface area contributed by atoms with Gasteiger partial charge < -0.3 is 19.9 Å². The maximum atomic E-state index is 8.78. The Morgan fingerprint density at radius 1 is 1.44 bits per heavy atom.